The van der Waals surface area contributed by atoms with E-state index in [1.807, 2.05) is 0 Å². The van der Waals surface area contributed by atoms with Crippen LogP contribution in [0, 0.1) is 0 Å². The van der Waals surface area contributed by atoms with E-state index in [-0.39, 0.29) is 0 Å². The maximum Gasteiger partial charge on any atom is 0.0603 e. The highest BCUT2D eigenvalue weighted by molar-refractivity contribution is 9.10. The third kappa shape index (κ3) is 2.43. The van der Waals surface area contributed by atoms with E-state index in [1.165, 1.54) is 30.8 Å². The molecule has 1 fully saturated rings. The van der Waals surface area contributed by atoms with Gasteiger partial charge in [0.05, 0.1) is 11.4 Å². The number of fused-ring (bicyclic) bond motifs is 1. The molecule has 0 bridgehead atoms. The molecule has 1 saturated heterocycles. The largest absolute Gasteiger partial charge is 0.382 e. The predicted molar refractivity (Wildman–Crippen MR) is 75.9 cm³/mol. The van der Waals surface area contributed by atoms with Gasteiger partial charge in [0.1, 0.15) is 0 Å². The lowest BCUT2D eigenvalue weighted by Gasteiger charge is -2.34. The molecule has 4 heteroatoms. The summed E-state index contributed by atoms with van der Waals surface area (Å²) >= 11 is 3.53. The van der Waals surface area contributed by atoms with Crippen molar-refractivity contribution in [3.63, 3.8) is 0 Å². The summed E-state index contributed by atoms with van der Waals surface area (Å²) in [6.45, 7) is 4.46. The van der Waals surface area contributed by atoms with Gasteiger partial charge in [-0.1, -0.05) is 15.9 Å². The number of nitrogens with zero attached hydrogens (tertiary/aromatic N) is 1. The van der Waals surface area contributed by atoms with Gasteiger partial charge in [-0.25, -0.2) is 0 Å². The summed E-state index contributed by atoms with van der Waals surface area (Å²) in [5.74, 6) is 0. The zero-order valence-electron chi connectivity index (χ0n) is 9.88. The Morgan fingerprint density at radius 2 is 2.29 bits per heavy atom. The summed E-state index contributed by atoms with van der Waals surface area (Å²) in [5.41, 5.74) is 2.59. The molecule has 2 aliphatic rings. The average Bonchev–Trinajstić information content (AvgIpc) is 2.82. The van der Waals surface area contributed by atoms with Crippen molar-refractivity contribution in [2.45, 2.75) is 18.9 Å². The van der Waals surface area contributed by atoms with E-state index in [9.17, 15) is 0 Å². The summed E-state index contributed by atoms with van der Waals surface area (Å²) in [4.78, 5) is 2.50. The van der Waals surface area contributed by atoms with Crippen LogP contribution in [0.5, 0.6) is 0 Å². The van der Waals surface area contributed by atoms with Crippen LogP contribution in [0.3, 0.4) is 0 Å². The fourth-order valence-electron chi connectivity index (χ4n) is 2.74. The maximum atomic E-state index is 3.57. The molecule has 1 aromatic rings. The SMILES string of the molecule is Brc1ccc2c(c1)NCCN2CC1CCCN1. The van der Waals surface area contributed by atoms with Crippen molar-refractivity contribution in [1.82, 2.24) is 5.32 Å². The molecule has 92 valence electrons. The smallest absolute Gasteiger partial charge is 0.0603 e. The quantitative estimate of drug-likeness (QED) is 0.878. The van der Waals surface area contributed by atoms with Crippen LogP contribution in [0.15, 0.2) is 22.7 Å². The fourth-order valence-corrected chi connectivity index (χ4v) is 3.10. The Bertz CT molecular complexity index is 402. The molecule has 0 saturated carbocycles. The Morgan fingerprint density at radius 1 is 1.35 bits per heavy atom. The lowest BCUT2D eigenvalue weighted by atomic mass is 10.1. The first-order valence-corrected chi connectivity index (χ1v) is 7.14. The molecule has 3 nitrogen and oxygen atoms in total. The highest BCUT2D eigenvalue weighted by Crippen LogP contribution is 2.32. The molecule has 1 aromatic carbocycles. The molecule has 17 heavy (non-hydrogen) atoms. The second-order valence-corrected chi connectivity index (χ2v) is 5.74. The molecule has 2 N–H and O–H groups in total. The normalized spacial score (nSPS) is 23.4. The minimum absolute atomic E-state index is 0.671. The van der Waals surface area contributed by atoms with Gasteiger partial charge < -0.3 is 15.5 Å². The number of halogens is 1. The first kappa shape index (κ1) is 11.4. The summed E-state index contributed by atoms with van der Waals surface area (Å²) in [6, 6.07) is 7.18. The van der Waals surface area contributed by atoms with Crippen LogP contribution in [-0.4, -0.2) is 32.2 Å². The van der Waals surface area contributed by atoms with E-state index in [0.717, 1.165) is 24.1 Å². The van der Waals surface area contributed by atoms with E-state index < -0.39 is 0 Å². The molecule has 3 rings (SSSR count). The molecule has 2 heterocycles. The van der Waals surface area contributed by atoms with E-state index in [1.54, 1.807) is 0 Å². The Balaban J connectivity index is 1.78. The van der Waals surface area contributed by atoms with Crippen LogP contribution >= 0.6 is 15.9 Å². The number of hydrogen-bond acceptors (Lipinski definition) is 3. The molecule has 0 spiro atoms. The Kier molecular flexibility index (Phi) is 3.25. The summed E-state index contributed by atoms with van der Waals surface area (Å²) in [6.07, 6.45) is 2.64. The topological polar surface area (TPSA) is 27.3 Å². The van der Waals surface area contributed by atoms with Gasteiger partial charge in [-0.05, 0) is 37.6 Å². The summed E-state index contributed by atoms with van der Waals surface area (Å²) < 4.78 is 1.14. The third-order valence-corrected chi connectivity index (χ3v) is 4.09. The van der Waals surface area contributed by atoms with Crippen LogP contribution in [-0.2, 0) is 0 Å². The molecule has 2 aliphatic heterocycles. The van der Waals surface area contributed by atoms with Crippen molar-refractivity contribution in [2.75, 3.05) is 36.4 Å². The molecule has 1 atom stereocenters. The number of hydrogen-bond donors (Lipinski definition) is 2. The minimum atomic E-state index is 0.671. The van der Waals surface area contributed by atoms with Crippen LogP contribution in [0.4, 0.5) is 11.4 Å². The van der Waals surface area contributed by atoms with Crippen molar-refractivity contribution in [1.29, 1.82) is 0 Å². The summed E-state index contributed by atoms with van der Waals surface area (Å²) in [7, 11) is 0. The van der Waals surface area contributed by atoms with Gasteiger partial charge in [0.2, 0.25) is 0 Å². The van der Waals surface area contributed by atoms with Crippen molar-refractivity contribution < 1.29 is 0 Å². The minimum Gasteiger partial charge on any atom is -0.382 e. The fraction of sp³-hybridized carbons (Fsp3) is 0.538. The molecular formula is C13H18BrN3. The van der Waals surface area contributed by atoms with Crippen molar-refractivity contribution in [3.05, 3.63) is 22.7 Å². The summed E-state index contributed by atoms with van der Waals surface area (Å²) in [5, 5.41) is 7.04. The molecule has 0 aliphatic carbocycles. The van der Waals surface area contributed by atoms with Gasteiger partial charge in [-0.2, -0.15) is 0 Å². The van der Waals surface area contributed by atoms with Gasteiger partial charge in [-0.3, -0.25) is 0 Å². The lowest BCUT2D eigenvalue weighted by Crippen LogP contribution is -2.42. The number of nitrogens with one attached hydrogen (secondary N) is 2. The van der Waals surface area contributed by atoms with Crippen molar-refractivity contribution in [3.8, 4) is 0 Å². The van der Waals surface area contributed by atoms with Gasteiger partial charge in [0, 0.05) is 30.1 Å². The third-order valence-electron chi connectivity index (χ3n) is 3.60. The number of benzene rings is 1. The highest BCUT2D eigenvalue weighted by Gasteiger charge is 2.21. The lowest BCUT2D eigenvalue weighted by molar-refractivity contribution is 0.581. The standard InChI is InChI=1S/C13H18BrN3/c14-10-3-4-13-12(8-10)16-6-7-17(13)9-11-2-1-5-15-11/h3-4,8,11,15-16H,1-2,5-7,9H2. The Hall–Kier alpha value is -0.740. The zero-order valence-corrected chi connectivity index (χ0v) is 11.5. The van der Waals surface area contributed by atoms with Gasteiger partial charge >= 0.3 is 0 Å². The maximum absolute atomic E-state index is 3.57. The molecular weight excluding hydrogens is 278 g/mol. The van der Waals surface area contributed by atoms with Gasteiger partial charge in [0.25, 0.3) is 0 Å². The van der Waals surface area contributed by atoms with E-state index in [0.29, 0.717) is 6.04 Å². The zero-order chi connectivity index (χ0) is 11.7. The second-order valence-electron chi connectivity index (χ2n) is 4.83. The number of anilines is 2. The predicted octanol–water partition coefficient (Wildman–Crippen LogP) is 2.43. The van der Waals surface area contributed by atoms with Crippen LogP contribution in [0.25, 0.3) is 0 Å². The van der Waals surface area contributed by atoms with E-state index >= 15 is 0 Å². The van der Waals surface area contributed by atoms with E-state index in [4.69, 9.17) is 0 Å². The van der Waals surface area contributed by atoms with Crippen molar-refractivity contribution >= 4 is 27.3 Å². The molecule has 1 unspecified atom stereocenters. The first-order valence-electron chi connectivity index (χ1n) is 6.35. The van der Waals surface area contributed by atoms with Gasteiger partial charge in [-0.15, -0.1) is 0 Å². The van der Waals surface area contributed by atoms with Crippen LogP contribution in [0.2, 0.25) is 0 Å². The molecule has 0 amide bonds. The van der Waals surface area contributed by atoms with Crippen LogP contribution < -0.4 is 15.5 Å². The first-order chi connectivity index (χ1) is 8.33. The number of rotatable bonds is 2. The van der Waals surface area contributed by atoms with E-state index in [2.05, 4.69) is 49.7 Å². The Labute approximate surface area is 111 Å². The highest BCUT2D eigenvalue weighted by atomic mass is 79.9. The monoisotopic (exact) mass is 295 g/mol. The molecule has 0 radical (unpaired) electrons. The van der Waals surface area contributed by atoms with Crippen molar-refractivity contribution in [2.24, 2.45) is 0 Å². The van der Waals surface area contributed by atoms with Gasteiger partial charge in [0.15, 0.2) is 0 Å². The molecule has 0 aromatic heterocycles. The van der Waals surface area contributed by atoms with Crippen LogP contribution in [0.1, 0.15) is 12.8 Å². The average molecular weight is 296 g/mol. The second kappa shape index (κ2) is 4.86. The Morgan fingerprint density at radius 3 is 3.12 bits per heavy atom.